The number of alkyl halides is 1. The van der Waals surface area contributed by atoms with Crippen molar-refractivity contribution in [2.24, 2.45) is 0 Å². The molecule has 3 aromatic rings. The number of aromatic nitrogens is 4. The van der Waals surface area contributed by atoms with Crippen LogP contribution >= 0.6 is 11.6 Å². The molecule has 1 saturated carbocycles. The van der Waals surface area contributed by atoms with Crippen LogP contribution in [-0.4, -0.2) is 66.1 Å². The Morgan fingerprint density at radius 2 is 1.97 bits per heavy atom. The van der Waals surface area contributed by atoms with Gasteiger partial charge in [-0.2, -0.15) is 0 Å². The van der Waals surface area contributed by atoms with E-state index in [4.69, 9.17) is 21.1 Å². The van der Waals surface area contributed by atoms with Gasteiger partial charge in [0.2, 0.25) is 0 Å². The molecule has 2 fully saturated rings. The zero-order valence-corrected chi connectivity index (χ0v) is 18.2. The number of aliphatic hydroxyl groups is 2. The monoisotopic (exact) mass is 459 g/mol. The SMILES string of the molecule is O[C@@H]1[C@@H](CCl)OC(n2cnc3c(N[C@@H]4CCC[C@@H]4OCc4ccccc4)ncnc32)[C@@H]1O. The maximum atomic E-state index is 10.4. The maximum absolute atomic E-state index is 10.4. The highest BCUT2D eigenvalue weighted by Gasteiger charge is 2.44. The molecule has 0 spiro atoms. The van der Waals surface area contributed by atoms with Crippen molar-refractivity contribution in [3.63, 3.8) is 0 Å². The number of fused-ring (bicyclic) bond motifs is 1. The molecular formula is C22H26ClN5O4. The molecule has 2 aliphatic rings. The van der Waals surface area contributed by atoms with E-state index in [1.54, 1.807) is 10.9 Å². The van der Waals surface area contributed by atoms with E-state index in [0.717, 1.165) is 24.8 Å². The molecule has 9 nitrogen and oxygen atoms in total. The summed E-state index contributed by atoms with van der Waals surface area (Å²) in [6.45, 7) is 0.568. The fraction of sp³-hybridized carbons (Fsp3) is 0.500. The summed E-state index contributed by atoms with van der Waals surface area (Å²) >= 11 is 5.84. The van der Waals surface area contributed by atoms with Crippen LogP contribution in [-0.2, 0) is 16.1 Å². The zero-order valence-electron chi connectivity index (χ0n) is 17.4. The van der Waals surface area contributed by atoms with Crippen LogP contribution in [0.3, 0.4) is 0 Å². The van der Waals surface area contributed by atoms with Gasteiger partial charge in [-0.15, -0.1) is 11.6 Å². The fourth-order valence-electron chi connectivity index (χ4n) is 4.47. The predicted molar refractivity (Wildman–Crippen MR) is 118 cm³/mol. The van der Waals surface area contributed by atoms with Gasteiger partial charge in [0.05, 0.1) is 31.0 Å². The van der Waals surface area contributed by atoms with Crippen molar-refractivity contribution in [2.75, 3.05) is 11.2 Å². The average Bonchev–Trinajstić information content (AvgIpc) is 3.52. The van der Waals surface area contributed by atoms with Crippen LogP contribution in [0.25, 0.3) is 11.2 Å². The van der Waals surface area contributed by atoms with Crippen LogP contribution < -0.4 is 5.32 Å². The second-order valence-electron chi connectivity index (χ2n) is 8.26. The number of aliphatic hydroxyl groups excluding tert-OH is 2. The third kappa shape index (κ3) is 4.06. The molecule has 32 heavy (non-hydrogen) atoms. The Morgan fingerprint density at radius 3 is 2.75 bits per heavy atom. The Balaban J connectivity index is 1.33. The average molecular weight is 460 g/mol. The van der Waals surface area contributed by atoms with Crippen molar-refractivity contribution in [2.45, 2.75) is 62.6 Å². The minimum atomic E-state index is -1.13. The number of benzene rings is 1. The summed E-state index contributed by atoms with van der Waals surface area (Å²) in [5, 5.41) is 24.1. The lowest BCUT2D eigenvalue weighted by Crippen LogP contribution is -2.32. The van der Waals surface area contributed by atoms with E-state index >= 15 is 0 Å². The van der Waals surface area contributed by atoms with Crippen LogP contribution in [0.15, 0.2) is 43.0 Å². The third-order valence-electron chi connectivity index (χ3n) is 6.20. The molecule has 1 aliphatic carbocycles. The lowest BCUT2D eigenvalue weighted by atomic mass is 10.1. The van der Waals surface area contributed by atoms with Crippen LogP contribution in [0, 0.1) is 0 Å². The van der Waals surface area contributed by atoms with Crippen molar-refractivity contribution in [1.82, 2.24) is 19.5 Å². The van der Waals surface area contributed by atoms with E-state index in [1.807, 2.05) is 18.2 Å². The Hall–Kier alpha value is -2.30. The largest absolute Gasteiger partial charge is 0.387 e. The molecule has 3 N–H and O–H groups in total. The summed E-state index contributed by atoms with van der Waals surface area (Å²) in [6.07, 6.45) is 2.40. The smallest absolute Gasteiger partial charge is 0.167 e. The molecule has 3 heterocycles. The summed E-state index contributed by atoms with van der Waals surface area (Å²) in [6, 6.07) is 10.2. The quantitative estimate of drug-likeness (QED) is 0.461. The predicted octanol–water partition coefficient (Wildman–Crippen LogP) is 2.23. The number of hydrogen-bond donors (Lipinski definition) is 3. The topological polar surface area (TPSA) is 115 Å². The van der Waals surface area contributed by atoms with Gasteiger partial charge in [0.1, 0.15) is 24.6 Å². The van der Waals surface area contributed by atoms with Crippen LogP contribution in [0.2, 0.25) is 0 Å². The number of rotatable bonds is 7. The highest BCUT2D eigenvalue weighted by atomic mass is 35.5. The molecule has 170 valence electrons. The van der Waals surface area contributed by atoms with Gasteiger partial charge >= 0.3 is 0 Å². The molecule has 0 radical (unpaired) electrons. The fourth-order valence-corrected chi connectivity index (χ4v) is 4.73. The van der Waals surface area contributed by atoms with Crippen molar-refractivity contribution >= 4 is 28.6 Å². The molecule has 0 bridgehead atoms. The first-order valence-corrected chi connectivity index (χ1v) is 11.4. The molecule has 0 amide bonds. The first-order chi connectivity index (χ1) is 15.7. The Bertz CT molecular complexity index is 1050. The standard InChI is InChI=1S/C22H26ClN5O4/c23-9-16-18(29)19(30)22(32-16)28-12-26-17-20(24-11-25-21(17)28)27-14-7-4-8-15(14)31-10-13-5-2-1-3-6-13/h1-3,5-6,11-12,14-16,18-19,22,29-30H,4,7-10H2,(H,24,25,27)/t14-,15+,16-,18-,19-,22?/m1/s1. The van der Waals surface area contributed by atoms with Crippen LogP contribution in [0.4, 0.5) is 5.82 Å². The third-order valence-corrected chi connectivity index (χ3v) is 6.51. The molecule has 1 unspecified atom stereocenters. The van der Waals surface area contributed by atoms with E-state index in [-0.39, 0.29) is 18.0 Å². The molecule has 1 aromatic carbocycles. The zero-order chi connectivity index (χ0) is 22.1. The van der Waals surface area contributed by atoms with Crippen molar-refractivity contribution in [3.8, 4) is 0 Å². The van der Waals surface area contributed by atoms with Gasteiger partial charge in [0, 0.05) is 0 Å². The van der Waals surface area contributed by atoms with Crippen molar-refractivity contribution in [3.05, 3.63) is 48.5 Å². The van der Waals surface area contributed by atoms with Crippen molar-refractivity contribution in [1.29, 1.82) is 0 Å². The summed E-state index contributed by atoms with van der Waals surface area (Å²) in [4.78, 5) is 13.2. The van der Waals surface area contributed by atoms with E-state index < -0.39 is 24.5 Å². The molecule has 2 aromatic heterocycles. The lowest BCUT2D eigenvalue weighted by molar-refractivity contribution is -0.0291. The number of halogens is 1. The minimum Gasteiger partial charge on any atom is -0.387 e. The maximum Gasteiger partial charge on any atom is 0.167 e. The number of anilines is 1. The molecule has 10 heteroatoms. The van der Waals surface area contributed by atoms with Crippen LogP contribution in [0.1, 0.15) is 31.1 Å². The van der Waals surface area contributed by atoms with Gasteiger partial charge in [-0.05, 0) is 24.8 Å². The second-order valence-corrected chi connectivity index (χ2v) is 8.57. The molecule has 1 saturated heterocycles. The minimum absolute atomic E-state index is 0.0712. The Kier molecular flexibility index (Phi) is 6.25. The molecular weight excluding hydrogens is 434 g/mol. The summed E-state index contributed by atoms with van der Waals surface area (Å²) in [5.74, 6) is 0.686. The van der Waals surface area contributed by atoms with Gasteiger partial charge < -0.3 is 25.0 Å². The van der Waals surface area contributed by atoms with E-state index in [0.29, 0.717) is 23.6 Å². The van der Waals surface area contributed by atoms with Gasteiger partial charge in [-0.1, -0.05) is 30.3 Å². The summed E-state index contributed by atoms with van der Waals surface area (Å²) in [5.41, 5.74) is 2.23. The number of imidazole rings is 1. The van der Waals surface area contributed by atoms with Gasteiger partial charge in [0.15, 0.2) is 23.2 Å². The summed E-state index contributed by atoms with van der Waals surface area (Å²) < 4.78 is 13.6. The van der Waals surface area contributed by atoms with Gasteiger partial charge in [-0.25, -0.2) is 15.0 Å². The summed E-state index contributed by atoms with van der Waals surface area (Å²) in [7, 11) is 0. The van der Waals surface area contributed by atoms with Crippen LogP contribution in [0.5, 0.6) is 0 Å². The number of nitrogens with zero attached hydrogens (tertiary/aromatic N) is 4. The van der Waals surface area contributed by atoms with Gasteiger partial charge in [0.25, 0.3) is 0 Å². The second kappa shape index (κ2) is 9.29. The number of hydrogen-bond acceptors (Lipinski definition) is 8. The molecule has 5 rings (SSSR count). The van der Waals surface area contributed by atoms with E-state index in [2.05, 4.69) is 32.4 Å². The first kappa shape index (κ1) is 21.5. The normalized spacial score (nSPS) is 30.2. The van der Waals surface area contributed by atoms with E-state index in [9.17, 15) is 10.2 Å². The Labute approximate surface area is 190 Å². The highest BCUT2D eigenvalue weighted by molar-refractivity contribution is 6.18. The first-order valence-electron chi connectivity index (χ1n) is 10.8. The Morgan fingerprint density at radius 1 is 1.12 bits per heavy atom. The number of ether oxygens (including phenoxy) is 2. The lowest BCUT2D eigenvalue weighted by Gasteiger charge is -2.22. The number of nitrogens with one attached hydrogen (secondary N) is 1. The highest BCUT2D eigenvalue weighted by Crippen LogP contribution is 2.33. The molecule has 1 aliphatic heterocycles. The van der Waals surface area contributed by atoms with Crippen molar-refractivity contribution < 1.29 is 19.7 Å². The van der Waals surface area contributed by atoms with Gasteiger partial charge in [-0.3, -0.25) is 4.57 Å². The molecule has 6 atom stereocenters. The van der Waals surface area contributed by atoms with E-state index in [1.165, 1.54) is 6.33 Å².